The van der Waals surface area contributed by atoms with Crippen LogP contribution >= 0.6 is 0 Å². The summed E-state index contributed by atoms with van der Waals surface area (Å²) in [7, 11) is 0. The van der Waals surface area contributed by atoms with Crippen LogP contribution in [0.15, 0.2) is 24.3 Å². The van der Waals surface area contributed by atoms with E-state index in [1.54, 1.807) is 0 Å². The molecule has 4 nitrogen and oxygen atoms in total. The minimum Gasteiger partial charge on any atom is -0.494 e. The number of carbonyl (C=O) groups excluding carboxylic acids is 1. The minimum absolute atomic E-state index is 0.0284. The third kappa shape index (κ3) is 4.75. The molecule has 1 amide bonds. The number of amides is 1. The fourth-order valence-electron chi connectivity index (χ4n) is 1.72. The van der Waals surface area contributed by atoms with Gasteiger partial charge in [-0.15, -0.1) is 0 Å². The Morgan fingerprint density at radius 1 is 1.44 bits per heavy atom. The Morgan fingerprint density at radius 3 is 2.78 bits per heavy atom. The normalized spacial score (nSPS) is 13.8. The molecule has 0 aliphatic carbocycles. The first-order chi connectivity index (χ1) is 8.52. The van der Waals surface area contributed by atoms with Crippen molar-refractivity contribution in [3.05, 3.63) is 29.8 Å². The summed E-state index contributed by atoms with van der Waals surface area (Å²) in [5.74, 6) is 0.794. The number of hydrogen-bond donors (Lipinski definition) is 2. The van der Waals surface area contributed by atoms with Crippen LogP contribution in [0.4, 0.5) is 0 Å². The summed E-state index contributed by atoms with van der Waals surface area (Å²) in [6, 6.07) is 7.58. The molecule has 0 bridgehead atoms. The number of rotatable bonds is 6. The van der Waals surface area contributed by atoms with Crippen molar-refractivity contribution in [2.45, 2.75) is 39.3 Å². The highest BCUT2D eigenvalue weighted by atomic mass is 16.5. The average molecular weight is 250 g/mol. The summed E-state index contributed by atoms with van der Waals surface area (Å²) in [6.07, 6.45) is 0.343. The van der Waals surface area contributed by atoms with Crippen LogP contribution in [0.5, 0.6) is 5.75 Å². The SMILES string of the molecule is CCOc1cccc(C(C)NC(=O)CC(C)N)c1. The van der Waals surface area contributed by atoms with Crippen molar-refractivity contribution in [2.75, 3.05) is 6.61 Å². The van der Waals surface area contributed by atoms with Gasteiger partial charge in [0.25, 0.3) is 0 Å². The summed E-state index contributed by atoms with van der Waals surface area (Å²) < 4.78 is 5.43. The van der Waals surface area contributed by atoms with Gasteiger partial charge < -0.3 is 15.8 Å². The van der Waals surface area contributed by atoms with Gasteiger partial charge in [0.15, 0.2) is 0 Å². The van der Waals surface area contributed by atoms with E-state index < -0.39 is 0 Å². The zero-order valence-electron chi connectivity index (χ0n) is 11.3. The van der Waals surface area contributed by atoms with Gasteiger partial charge in [0, 0.05) is 12.5 Å². The van der Waals surface area contributed by atoms with Crippen LogP contribution in [-0.2, 0) is 4.79 Å². The van der Waals surface area contributed by atoms with Gasteiger partial charge in [0.2, 0.25) is 5.91 Å². The number of ether oxygens (including phenoxy) is 1. The molecule has 2 unspecified atom stereocenters. The standard InChI is InChI=1S/C14H22N2O2/c1-4-18-13-7-5-6-12(9-13)11(3)16-14(17)8-10(2)15/h5-7,9-11H,4,8,15H2,1-3H3,(H,16,17). The second kappa shape index (κ2) is 7.01. The first-order valence-corrected chi connectivity index (χ1v) is 6.30. The molecule has 18 heavy (non-hydrogen) atoms. The summed E-state index contributed by atoms with van der Waals surface area (Å²) in [5.41, 5.74) is 6.62. The van der Waals surface area contributed by atoms with Crippen molar-refractivity contribution < 1.29 is 9.53 Å². The number of nitrogens with one attached hydrogen (secondary N) is 1. The van der Waals surface area contributed by atoms with E-state index in [0.29, 0.717) is 13.0 Å². The van der Waals surface area contributed by atoms with Gasteiger partial charge in [-0.2, -0.15) is 0 Å². The Labute approximate surface area is 109 Å². The molecule has 3 N–H and O–H groups in total. The zero-order chi connectivity index (χ0) is 13.5. The predicted molar refractivity (Wildman–Crippen MR) is 72.4 cm³/mol. The number of nitrogens with two attached hydrogens (primary N) is 1. The summed E-state index contributed by atoms with van der Waals surface area (Å²) in [5, 5.41) is 2.92. The fourth-order valence-corrected chi connectivity index (χ4v) is 1.72. The van der Waals surface area contributed by atoms with Crippen LogP contribution in [0.2, 0.25) is 0 Å². The van der Waals surface area contributed by atoms with Gasteiger partial charge in [0.1, 0.15) is 5.75 Å². The molecular formula is C14H22N2O2. The molecule has 0 saturated carbocycles. The van der Waals surface area contributed by atoms with E-state index in [2.05, 4.69) is 5.32 Å². The highest BCUT2D eigenvalue weighted by molar-refractivity contribution is 5.77. The molecule has 0 fully saturated rings. The van der Waals surface area contributed by atoms with Crippen molar-refractivity contribution in [1.29, 1.82) is 0 Å². The van der Waals surface area contributed by atoms with Crippen molar-refractivity contribution in [2.24, 2.45) is 5.73 Å². The zero-order valence-corrected chi connectivity index (χ0v) is 11.3. The molecular weight excluding hydrogens is 228 g/mol. The van der Waals surface area contributed by atoms with E-state index in [4.69, 9.17) is 10.5 Å². The molecule has 0 spiro atoms. The van der Waals surface area contributed by atoms with Crippen molar-refractivity contribution in [3.63, 3.8) is 0 Å². The highest BCUT2D eigenvalue weighted by Gasteiger charge is 2.11. The third-order valence-electron chi connectivity index (χ3n) is 2.55. The van der Waals surface area contributed by atoms with Gasteiger partial charge in [0.05, 0.1) is 12.6 Å². The lowest BCUT2D eigenvalue weighted by Crippen LogP contribution is -2.31. The maximum atomic E-state index is 11.6. The summed E-state index contributed by atoms with van der Waals surface area (Å²) in [4.78, 5) is 11.6. The monoisotopic (exact) mass is 250 g/mol. The molecule has 0 saturated heterocycles. The Morgan fingerprint density at radius 2 is 2.17 bits per heavy atom. The van der Waals surface area contributed by atoms with Gasteiger partial charge in [-0.1, -0.05) is 12.1 Å². The Hall–Kier alpha value is -1.55. The van der Waals surface area contributed by atoms with Gasteiger partial charge in [-0.25, -0.2) is 0 Å². The van der Waals surface area contributed by atoms with E-state index in [9.17, 15) is 4.79 Å². The lowest BCUT2D eigenvalue weighted by molar-refractivity contribution is -0.122. The molecule has 1 aromatic carbocycles. The lowest BCUT2D eigenvalue weighted by atomic mass is 10.1. The van der Waals surface area contributed by atoms with Gasteiger partial charge in [-0.3, -0.25) is 4.79 Å². The van der Waals surface area contributed by atoms with E-state index >= 15 is 0 Å². The van der Waals surface area contributed by atoms with Crippen molar-refractivity contribution in [3.8, 4) is 5.75 Å². The molecule has 0 radical (unpaired) electrons. The van der Waals surface area contributed by atoms with E-state index in [-0.39, 0.29) is 18.0 Å². The molecule has 1 aromatic rings. The van der Waals surface area contributed by atoms with Gasteiger partial charge in [-0.05, 0) is 38.5 Å². The Balaban J connectivity index is 2.63. The van der Waals surface area contributed by atoms with Crippen molar-refractivity contribution >= 4 is 5.91 Å². The Kier molecular flexibility index (Phi) is 5.65. The highest BCUT2D eigenvalue weighted by Crippen LogP contribution is 2.19. The summed E-state index contributed by atoms with van der Waals surface area (Å²) in [6.45, 7) is 6.35. The fraction of sp³-hybridized carbons (Fsp3) is 0.500. The second-order valence-electron chi connectivity index (χ2n) is 4.48. The van der Waals surface area contributed by atoms with Crippen LogP contribution in [0, 0.1) is 0 Å². The summed E-state index contributed by atoms with van der Waals surface area (Å²) >= 11 is 0. The van der Waals surface area contributed by atoms with Crippen LogP contribution in [-0.4, -0.2) is 18.6 Å². The minimum atomic E-state index is -0.119. The largest absolute Gasteiger partial charge is 0.494 e. The van der Waals surface area contributed by atoms with E-state index in [0.717, 1.165) is 11.3 Å². The third-order valence-corrected chi connectivity index (χ3v) is 2.55. The first kappa shape index (κ1) is 14.5. The maximum Gasteiger partial charge on any atom is 0.222 e. The average Bonchev–Trinajstić information content (AvgIpc) is 2.28. The van der Waals surface area contributed by atoms with E-state index in [1.165, 1.54) is 0 Å². The van der Waals surface area contributed by atoms with Crippen LogP contribution < -0.4 is 15.8 Å². The van der Waals surface area contributed by atoms with Crippen LogP contribution in [0.3, 0.4) is 0 Å². The molecule has 0 aliphatic rings. The molecule has 0 aliphatic heterocycles. The first-order valence-electron chi connectivity index (χ1n) is 6.30. The maximum absolute atomic E-state index is 11.6. The van der Waals surface area contributed by atoms with E-state index in [1.807, 2.05) is 45.0 Å². The molecule has 1 rings (SSSR count). The second-order valence-corrected chi connectivity index (χ2v) is 4.48. The lowest BCUT2D eigenvalue weighted by Gasteiger charge is -2.16. The van der Waals surface area contributed by atoms with Gasteiger partial charge >= 0.3 is 0 Å². The number of hydrogen-bond acceptors (Lipinski definition) is 3. The molecule has 2 atom stereocenters. The predicted octanol–water partition coefficient (Wildman–Crippen LogP) is 2.00. The van der Waals surface area contributed by atoms with Crippen LogP contribution in [0.25, 0.3) is 0 Å². The molecule has 4 heteroatoms. The van der Waals surface area contributed by atoms with Crippen molar-refractivity contribution in [1.82, 2.24) is 5.32 Å². The molecule has 100 valence electrons. The smallest absolute Gasteiger partial charge is 0.222 e. The number of benzene rings is 1. The molecule has 0 heterocycles. The Bertz CT molecular complexity index is 391. The quantitative estimate of drug-likeness (QED) is 0.811. The van der Waals surface area contributed by atoms with Crippen LogP contribution in [0.1, 0.15) is 38.8 Å². The molecule has 0 aromatic heterocycles. The number of carbonyl (C=O) groups is 1. The topological polar surface area (TPSA) is 64.3 Å².